The molecule has 5 rings (SSSR count). The molecule has 0 unspecified atom stereocenters. The van der Waals surface area contributed by atoms with Crippen molar-refractivity contribution in [3.63, 3.8) is 0 Å². The Morgan fingerprint density at radius 2 is 1.81 bits per heavy atom. The minimum atomic E-state index is -4.34. The largest absolute Gasteiger partial charge is 0.416 e. The third kappa shape index (κ3) is 3.62. The fourth-order valence-corrected chi connectivity index (χ4v) is 5.05. The number of hydrogen-bond donors (Lipinski definition) is 1. The first kappa shape index (κ1) is 18.5. The highest BCUT2D eigenvalue weighted by molar-refractivity contribution is 7.12. The fourth-order valence-electron chi connectivity index (χ4n) is 4.23. The predicted octanol–water partition coefficient (Wildman–Crippen LogP) is 4.65. The number of alkyl halides is 3. The van der Waals surface area contributed by atoms with Crippen LogP contribution >= 0.6 is 11.3 Å². The Hall–Kier alpha value is -1.86. The van der Waals surface area contributed by atoms with Crippen LogP contribution in [-0.2, 0) is 6.18 Å². The molecule has 0 aliphatic carbocycles. The first-order valence-electron chi connectivity index (χ1n) is 9.14. The maximum atomic E-state index is 12.7. The van der Waals surface area contributed by atoms with Crippen molar-refractivity contribution in [3.05, 3.63) is 46.2 Å². The number of benzene rings is 1. The lowest BCUT2D eigenvalue weighted by molar-refractivity contribution is -0.137. The highest BCUT2D eigenvalue weighted by Gasteiger charge is 2.40. The Morgan fingerprint density at radius 3 is 2.41 bits per heavy atom. The van der Waals surface area contributed by atoms with Crippen molar-refractivity contribution in [3.8, 4) is 11.1 Å². The molecule has 2 bridgehead atoms. The number of piperidine rings is 3. The number of nitrogens with zero attached hydrogens (tertiary/aromatic N) is 1. The number of rotatable bonds is 3. The molecule has 3 fully saturated rings. The molecule has 2 aromatic rings. The molecule has 1 aromatic carbocycles. The van der Waals surface area contributed by atoms with Gasteiger partial charge < -0.3 is 5.32 Å². The van der Waals surface area contributed by atoms with Crippen LogP contribution in [0.5, 0.6) is 0 Å². The molecule has 3 aliphatic heterocycles. The number of nitrogens with one attached hydrogen (secondary N) is 1. The molecule has 1 aromatic heterocycles. The van der Waals surface area contributed by atoms with Crippen molar-refractivity contribution in [1.29, 1.82) is 0 Å². The summed E-state index contributed by atoms with van der Waals surface area (Å²) in [6.45, 7) is 4.38. The van der Waals surface area contributed by atoms with Crippen molar-refractivity contribution in [2.45, 2.75) is 38.0 Å². The molecular weight excluding hydrogens is 373 g/mol. The van der Waals surface area contributed by atoms with Gasteiger partial charge in [-0.15, -0.1) is 11.3 Å². The molecule has 7 heteroatoms. The molecule has 4 heterocycles. The van der Waals surface area contributed by atoms with Gasteiger partial charge in [-0.3, -0.25) is 9.69 Å². The van der Waals surface area contributed by atoms with E-state index in [4.69, 9.17) is 0 Å². The van der Waals surface area contributed by atoms with Crippen molar-refractivity contribution < 1.29 is 18.0 Å². The second-order valence-electron chi connectivity index (χ2n) is 7.39. The summed E-state index contributed by atoms with van der Waals surface area (Å²) >= 11 is 1.32. The van der Waals surface area contributed by atoms with Gasteiger partial charge in [0.05, 0.1) is 10.4 Å². The van der Waals surface area contributed by atoms with Crippen LogP contribution in [0.1, 0.15) is 35.0 Å². The van der Waals surface area contributed by atoms with E-state index in [0.29, 0.717) is 22.4 Å². The third-order valence-corrected chi connectivity index (χ3v) is 6.77. The van der Waals surface area contributed by atoms with Gasteiger partial charge in [-0.05, 0) is 73.5 Å². The zero-order valence-corrected chi connectivity index (χ0v) is 15.7. The first-order chi connectivity index (χ1) is 12.8. The lowest BCUT2D eigenvalue weighted by Gasteiger charge is -2.49. The number of carbonyl (C=O) groups excluding carboxylic acids is 1. The zero-order valence-electron chi connectivity index (χ0n) is 14.9. The number of fused-ring (bicyclic) bond motifs is 3. The highest BCUT2D eigenvalue weighted by Crippen LogP contribution is 2.34. The Labute approximate surface area is 160 Å². The minimum absolute atomic E-state index is 0.0937. The van der Waals surface area contributed by atoms with Gasteiger partial charge in [0.2, 0.25) is 0 Å². The van der Waals surface area contributed by atoms with E-state index in [1.54, 1.807) is 6.07 Å². The second-order valence-corrected chi connectivity index (χ2v) is 8.30. The van der Waals surface area contributed by atoms with E-state index >= 15 is 0 Å². The molecule has 1 amide bonds. The molecule has 2 atom stereocenters. The second kappa shape index (κ2) is 6.95. The van der Waals surface area contributed by atoms with Crippen LogP contribution in [0.25, 0.3) is 11.1 Å². The van der Waals surface area contributed by atoms with Gasteiger partial charge in [0.15, 0.2) is 0 Å². The van der Waals surface area contributed by atoms with Gasteiger partial charge in [0, 0.05) is 12.1 Å². The van der Waals surface area contributed by atoms with E-state index < -0.39 is 11.7 Å². The molecule has 0 spiro atoms. The standard InChI is InChI=1S/C20H21F3N2OS/c1-12-18(14-6-8-25(12)9-7-14)24-19(26)17-10-15(11-27-17)13-2-4-16(5-3-13)20(21,22)23/h2-5,10-12,14,18H,6-9H2,1H3,(H,24,26)/t12-,18-/m0/s1. The van der Waals surface area contributed by atoms with Crippen molar-refractivity contribution in [2.75, 3.05) is 13.1 Å². The molecule has 1 N–H and O–H groups in total. The maximum absolute atomic E-state index is 12.7. The minimum Gasteiger partial charge on any atom is -0.347 e. The number of halogens is 3. The summed E-state index contributed by atoms with van der Waals surface area (Å²) in [6.07, 6.45) is -2.10. The van der Waals surface area contributed by atoms with Crippen molar-refractivity contribution in [2.24, 2.45) is 5.92 Å². The molecule has 144 valence electrons. The third-order valence-electron chi connectivity index (χ3n) is 5.84. The Bertz CT molecular complexity index is 820. The van der Waals surface area contributed by atoms with E-state index in [1.807, 2.05) is 5.38 Å². The lowest BCUT2D eigenvalue weighted by Crippen LogP contribution is -2.62. The van der Waals surface area contributed by atoms with Crippen LogP contribution in [0.3, 0.4) is 0 Å². The van der Waals surface area contributed by atoms with Crippen molar-refractivity contribution in [1.82, 2.24) is 10.2 Å². The van der Waals surface area contributed by atoms with Crippen LogP contribution in [0.15, 0.2) is 35.7 Å². The lowest BCUT2D eigenvalue weighted by atomic mass is 9.79. The molecule has 3 nitrogen and oxygen atoms in total. The summed E-state index contributed by atoms with van der Waals surface area (Å²) in [7, 11) is 0. The van der Waals surface area contributed by atoms with E-state index in [1.165, 1.54) is 23.5 Å². The maximum Gasteiger partial charge on any atom is 0.416 e. The van der Waals surface area contributed by atoms with Gasteiger partial charge in [0.25, 0.3) is 5.91 Å². The molecule has 0 radical (unpaired) electrons. The summed E-state index contributed by atoms with van der Waals surface area (Å²) in [4.78, 5) is 15.7. The topological polar surface area (TPSA) is 32.3 Å². The molecule has 3 aliphatic rings. The summed E-state index contributed by atoms with van der Waals surface area (Å²) in [5, 5.41) is 5.01. The summed E-state index contributed by atoms with van der Waals surface area (Å²) in [5.74, 6) is 0.437. The quantitative estimate of drug-likeness (QED) is 0.822. The zero-order chi connectivity index (χ0) is 19.2. The first-order valence-corrected chi connectivity index (χ1v) is 10.0. The molecule has 27 heavy (non-hydrogen) atoms. The Kier molecular flexibility index (Phi) is 4.76. The Balaban J connectivity index is 1.47. The van der Waals surface area contributed by atoms with Crippen molar-refractivity contribution >= 4 is 17.2 Å². The average molecular weight is 394 g/mol. The van der Waals surface area contributed by atoms with Crippen LogP contribution in [0.2, 0.25) is 0 Å². The van der Waals surface area contributed by atoms with Crippen LogP contribution in [0.4, 0.5) is 13.2 Å². The van der Waals surface area contributed by atoms with Gasteiger partial charge in [-0.25, -0.2) is 0 Å². The fraction of sp³-hybridized carbons (Fsp3) is 0.450. The van der Waals surface area contributed by atoms with E-state index in [9.17, 15) is 18.0 Å². The van der Waals surface area contributed by atoms with Crippen LogP contribution in [0, 0.1) is 5.92 Å². The number of carbonyl (C=O) groups is 1. The van der Waals surface area contributed by atoms with Gasteiger partial charge in [0.1, 0.15) is 0 Å². The molecular formula is C20H21F3N2OS. The summed E-state index contributed by atoms with van der Waals surface area (Å²) in [6, 6.07) is 7.30. The number of hydrogen-bond acceptors (Lipinski definition) is 3. The van der Waals surface area contributed by atoms with Gasteiger partial charge in [-0.1, -0.05) is 12.1 Å². The van der Waals surface area contributed by atoms with E-state index in [-0.39, 0.29) is 11.9 Å². The van der Waals surface area contributed by atoms with Gasteiger partial charge in [-0.2, -0.15) is 13.2 Å². The monoisotopic (exact) mass is 394 g/mol. The van der Waals surface area contributed by atoms with E-state index in [2.05, 4.69) is 17.1 Å². The number of thiophene rings is 1. The summed E-state index contributed by atoms with van der Waals surface area (Å²) < 4.78 is 38.1. The van der Waals surface area contributed by atoms with Crippen LogP contribution < -0.4 is 5.32 Å². The van der Waals surface area contributed by atoms with Gasteiger partial charge >= 0.3 is 6.18 Å². The molecule has 0 saturated carbocycles. The SMILES string of the molecule is C[C@H]1[C@H](NC(=O)c2cc(-c3ccc(C(F)(F)F)cc3)cs2)C2CCN1CC2. The van der Waals surface area contributed by atoms with E-state index in [0.717, 1.165) is 43.6 Å². The average Bonchev–Trinajstić information content (AvgIpc) is 3.15. The summed E-state index contributed by atoms with van der Waals surface area (Å²) in [5.41, 5.74) is 0.770. The number of amides is 1. The highest BCUT2D eigenvalue weighted by atomic mass is 32.1. The molecule has 3 saturated heterocycles. The van der Waals surface area contributed by atoms with Crippen LogP contribution in [-0.4, -0.2) is 36.0 Å². The predicted molar refractivity (Wildman–Crippen MR) is 99.8 cm³/mol. The Morgan fingerprint density at radius 1 is 1.15 bits per heavy atom. The smallest absolute Gasteiger partial charge is 0.347 e. The normalized spacial score (nSPS) is 27.6.